The average Bonchev–Trinajstić information content (AvgIpc) is 4.23. The van der Waals surface area contributed by atoms with Crippen molar-refractivity contribution in [1.82, 2.24) is 30.4 Å². The topological polar surface area (TPSA) is 92.7 Å². The van der Waals surface area contributed by atoms with E-state index in [1.54, 1.807) is 24.5 Å². The van der Waals surface area contributed by atoms with Crippen LogP contribution in [0.3, 0.4) is 0 Å². The molecule has 2 aliphatic heterocycles. The summed E-state index contributed by atoms with van der Waals surface area (Å²) in [7, 11) is 3.90. The first-order chi connectivity index (χ1) is 33.4. The summed E-state index contributed by atoms with van der Waals surface area (Å²) in [6.07, 6.45) is 3.48. The molecule has 6 aromatic carbocycles. The van der Waals surface area contributed by atoms with Gasteiger partial charge in [0.05, 0.1) is 0 Å². The van der Waals surface area contributed by atoms with Gasteiger partial charge in [-0.2, -0.15) is 25.5 Å². The third-order valence-electron chi connectivity index (χ3n) is 10.7. The van der Waals surface area contributed by atoms with Crippen LogP contribution in [-0.2, 0) is 42.1 Å². The van der Waals surface area contributed by atoms with Gasteiger partial charge in [-0.05, 0) is 60.6 Å². The monoisotopic (exact) mass is 1280 g/mol. The van der Waals surface area contributed by atoms with Crippen LogP contribution in [0.2, 0.25) is 0 Å². The Hall–Kier alpha value is -7.52. The minimum Gasteiger partial charge on any atom is -0.574 e. The summed E-state index contributed by atoms with van der Waals surface area (Å²) in [5, 5.41) is 16.9. The van der Waals surface area contributed by atoms with Crippen molar-refractivity contribution in [1.29, 1.82) is 0 Å². The molecule has 0 N–H and O–H groups in total. The van der Waals surface area contributed by atoms with Gasteiger partial charge < -0.3 is 40.0 Å². The zero-order valence-corrected chi connectivity index (χ0v) is 42.2. The van der Waals surface area contributed by atoms with Crippen molar-refractivity contribution in [3.05, 3.63) is 244 Å². The third kappa shape index (κ3) is 12.2. The Morgan fingerprint density at radius 2 is 0.800 bits per heavy atom. The standard InChI is InChI=1S/2C15H11N2.2C13H10FN3.2Pt/c2*1-3-7-12(8-4-1)14-11-15(17-16-14)13-9-5-2-6-10-13;2*1-16-9-17(11-6-4-10(14)5-7-11)13-12(16)3-2-8-15-13;;/h2*1-11H;2*2-6,8-9H,1H3;;/q2*-1;2*-2;;. The smallest absolute Gasteiger partial charge is 0.124 e. The van der Waals surface area contributed by atoms with Gasteiger partial charge in [-0.1, -0.05) is 133 Å². The zero-order chi connectivity index (χ0) is 46.7. The molecule has 12 rings (SSSR count). The number of fused-ring (bicyclic) bond motifs is 2. The van der Waals surface area contributed by atoms with Crippen molar-refractivity contribution in [2.24, 2.45) is 0 Å². The summed E-state index contributed by atoms with van der Waals surface area (Å²) < 4.78 is 25.7. The van der Waals surface area contributed by atoms with Gasteiger partial charge in [0.1, 0.15) is 11.6 Å². The third-order valence-corrected chi connectivity index (χ3v) is 10.7. The molecule has 0 atom stereocenters. The van der Waals surface area contributed by atoms with E-state index >= 15 is 0 Å². The van der Waals surface area contributed by atoms with Crippen LogP contribution in [0.25, 0.3) is 45.0 Å². The summed E-state index contributed by atoms with van der Waals surface area (Å²) in [6, 6.07) is 66.8. The van der Waals surface area contributed by atoms with Crippen molar-refractivity contribution in [2.45, 2.75) is 0 Å². The van der Waals surface area contributed by atoms with Gasteiger partial charge in [-0.15, -0.1) is 59.2 Å². The van der Waals surface area contributed by atoms with Crippen LogP contribution in [-0.4, -0.2) is 34.3 Å². The van der Waals surface area contributed by atoms with Crippen molar-refractivity contribution in [3.8, 4) is 45.0 Å². The Kier molecular flexibility index (Phi) is 17.4. The molecule has 10 aromatic rings. The molecular weight excluding hydrogens is 1240 g/mol. The van der Waals surface area contributed by atoms with E-state index in [0.717, 1.165) is 79.4 Å². The average molecular weight is 1280 g/mol. The molecule has 0 saturated carbocycles. The van der Waals surface area contributed by atoms with Crippen LogP contribution < -0.4 is 29.8 Å². The molecule has 0 unspecified atom stereocenters. The Morgan fingerprint density at radius 3 is 1.14 bits per heavy atom. The van der Waals surface area contributed by atoms with Crippen LogP contribution >= 0.6 is 0 Å². The fourth-order valence-electron chi connectivity index (χ4n) is 7.32. The largest absolute Gasteiger partial charge is 0.574 e. The van der Waals surface area contributed by atoms with E-state index in [1.807, 2.05) is 205 Å². The van der Waals surface area contributed by atoms with Gasteiger partial charge in [0.25, 0.3) is 0 Å². The molecule has 0 fully saturated rings. The van der Waals surface area contributed by atoms with Gasteiger partial charge in [0.2, 0.25) is 0 Å². The SMILES string of the molecule is CN1[CH-]N(c2[c-]cc(F)cc2)c2ncccc21.CN1[CH-]N(c2[c-]cc(F)cc2)c2ncccc21.[Pt].[Pt].c1ccc(-c2cc(-c3ccccc3)[n-]n2)cc1.c1ccc(-c2cc(-c3ccccc3)[n-]n2)cc1. The number of halogens is 2. The predicted molar refractivity (Wildman–Crippen MR) is 265 cm³/mol. The van der Waals surface area contributed by atoms with Crippen LogP contribution in [0.4, 0.5) is 43.2 Å². The van der Waals surface area contributed by atoms with E-state index < -0.39 is 0 Å². The van der Waals surface area contributed by atoms with E-state index in [-0.39, 0.29) is 53.8 Å². The molecule has 14 heteroatoms. The fourth-order valence-corrected chi connectivity index (χ4v) is 7.32. The molecule has 0 bridgehead atoms. The second kappa shape index (κ2) is 24.2. The van der Waals surface area contributed by atoms with Crippen LogP contribution in [0, 0.1) is 37.1 Å². The number of benzene rings is 6. The van der Waals surface area contributed by atoms with Gasteiger partial charge in [0.15, 0.2) is 0 Å². The molecule has 0 radical (unpaired) electrons. The summed E-state index contributed by atoms with van der Waals surface area (Å²) in [4.78, 5) is 16.4. The van der Waals surface area contributed by atoms with Crippen molar-refractivity contribution < 1.29 is 50.9 Å². The Labute approximate surface area is 435 Å². The molecule has 2 aliphatic rings. The molecule has 356 valence electrons. The van der Waals surface area contributed by atoms with Gasteiger partial charge in [-0.3, -0.25) is 8.78 Å². The molecule has 0 saturated heterocycles. The van der Waals surface area contributed by atoms with Crippen LogP contribution in [0.5, 0.6) is 0 Å². The number of aromatic nitrogens is 6. The van der Waals surface area contributed by atoms with Crippen LogP contribution in [0.15, 0.2) is 207 Å². The molecule has 0 aliphatic carbocycles. The summed E-state index contributed by atoms with van der Waals surface area (Å²) in [6.45, 7) is 3.81. The maximum Gasteiger partial charge on any atom is 0.124 e. The first-order valence-electron chi connectivity index (χ1n) is 21.6. The van der Waals surface area contributed by atoms with Gasteiger partial charge >= 0.3 is 0 Å². The number of hydrogen-bond acceptors (Lipinski definition) is 8. The summed E-state index contributed by atoms with van der Waals surface area (Å²) in [5.41, 5.74) is 11.7. The minimum atomic E-state index is -0.289. The quantitative estimate of drug-likeness (QED) is 0.150. The first-order valence-corrected chi connectivity index (χ1v) is 21.6. The number of hydrogen-bond donors (Lipinski definition) is 0. The van der Waals surface area contributed by atoms with Gasteiger partial charge in [0, 0.05) is 88.9 Å². The summed E-state index contributed by atoms with van der Waals surface area (Å²) in [5.74, 6) is 1.08. The Morgan fingerprint density at radius 1 is 0.443 bits per heavy atom. The molecule has 4 aromatic heterocycles. The molecule has 0 spiro atoms. The van der Waals surface area contributed by atoms with Crippen molar-refractivity contribution in [2.75, 3.05) is 33.7 Å². The minimum absolute atomic E-state index is 0. The second-order valence-corrected chi connectivity index (χ2v) is 15.4. The zero-order valence-electron chi connectivity index (χ0n) is 37.6. The van der Waals surface area contributed by atoms with E-state index in [1.165, 1.54) is 24.3 Å². The number of anilines is 6. The normalized spacial score (nSPS) is 11.8. The maximum absolute atomic E-state index is 12.9. The molecular formula is C56H42F2N10Pt2-6. The first kappa shape index (κ1) is 50.4. The molecule has 70 heavy (non-hydrogen) atoms. The molecule has 0 amide bonds. The van der Waals surface area contributed by atoms with Crippen LogP contribution in [0.1, 0.15) is 0 Å². The number of nitrogens with zero attached hydrogens (tertiary/aromatic N) is 10. The van der Waals surface area contributed by atoms with E-state index in [9.17, 15) is 8.78 Å². The Balaban J connectivity index is 0.000000136. The summed E-state index contributed by atoms with van der Waals surface area (Å²) >= 11 is 0. The molecule has 10 nitrogen and oxygen atoms in total. The van der Waals surface area contributed by atoms with E-state index in [4.69, 9.17) is 0 Å². The van der Waals surface area contributed by atoms with E-state index in [0.29, 0.717) is 0 Å². The van der Waals surface area contributed by atoms with Crippen molar-refractivity contribution in [3.63, 3.8) is 0 Å². The number of pyridine rings is 2. The fraction of sp³-hybridized carbons (Fsp3) is 0.0357. The van der Waals surface area contributed by atoms with Crippen molar-refractivity contribution >= 4 is 34.4 Å². The van der Waals surface area contributed by atoms with E-state index in [2.05, 4.69) is 42.5 Å². The second-order valence-electron chi connectivity index (χ2n) is 15.4. The van der Waals surface area contributed by atoms with Gasteiger partial charge in [-0.25, -0.2) is 9.97 Å². The Bertz CT molecular complexity index is 2820. The maximum atomic E-state index is 12.9. The number of rotatable bonds is 6. The predicted octanol–water partition coefficient (Wildman–Crippen LogP) is 12.2. The molecule has 6 heterocycles.